The van der Waals surface area contributed by atoms with E-state index in [1.807, 2.05) is 6.07 Å². The second kappa shape index (κ2) is 3.52. The lowest BCUT2D eigenvalue weighted by Crippen LogP contribution is -2.37. The van der Waals surface area contributed by atoms with Crippen molar-refractivity contribution in [1.29, 1.82) is 5.26 Å². The van der Waals surface area contributed by atoms with Crippen LogP contribution in [0.1, 0.15) is 35.7 Å². The van der Waals surface area contributed by atoms with Gasteiger partial charge in [0.1, 0.15) is 6.07 Å². The Labute approximate surface area is 98.9 Å². The number of rotatable bonds is 1. The molecule has 1 aliphatic heterocycles. The molecule has 0 radical (unpaired) electrons. The number of nitriles is 1. The highest BCUT2D eigenvalue weighted by Gasteiger charge is 2.32. The van der Waals surface area contributed by atoms with Crippen LogP contribution in [-0.2, 0) is 13.1 Å². The smallest absolute Gasteiger partial charge is 0.407 e. The molecule has 1 aromatic rings. The minimum atomic E-state index is -0.908. The number of fused-ring (bicyclic) bond motifs is 1. The molecule has 1 fully saturated rings. The first kappa shape index (κ1) is 10.2. The number of amides is 1. The standard InChI is InChI=1S/C12H13N3O2/c13-6-9-5-10(8-1-2-8)15-4-3-14(12(16)17)7-11(9)15/h5,8H,1-4,7H2,(H,16,17). The number of hydrogen-bond donors (Lipinski definition) is 1. The predicted octanol–water partition coefficient (Wildman–Crippen LogP) is 1.73. The van der Waals surface area contributed by atoms with Crippen molar-refractivity contribution >= 4 is 6.09 Å². The Kier molecular flexibility index (Phi) is 2.11. The van der Waals surface area contributed by atoms with Crippen molar-refractivity contribution in [3.63, 3.8) is 0 Å². The number of hydrogen-bond acceptors (Lipinski definition) is 2. The summed E-state index contributed by atoms with van der Waals surface area (Å²) in [6.45, 7) is 1.53. The maximum absolute atomic E-state index is 11.0. The van der Waals surface area contributed by atoms with Crippen LogP contribution in [0.15, 0.2) is 6.07 Å². The summed E-state index contributed by atoms with van der Waals surface area (Å²) in [5.74, 6) is 0.590. The first-order chi connectivity index (χ1) is 8.20. The Balaban J connectivity index is 2.01. The third kappa shape index (κ3) is 1.57. The van der Waals surface area contributed by atoms with Gasteiger partial charge in [-0.1, -0.05) is 0 Å². The van der Waals surface area contributed by atoms with Gasteiger partial charge < -0.3 is 14.6 Å². The summed E-state index contributed by atoms with van der Waals surface area (Å²) in [5, 5.41) is 18.1. The zero-order valence-electron chi connectivity index (χ0n) is 9.39. The Morgan fingerprint density at radius 3 is 2.82 bits per heavy atom. The summed E-state index contributed by atoms with van der Waals surface area (Å²) in [6.07, 6.45) is 1.47. The van der Waals surface area contributed by atoms with Crippen LogP contribution in [-0.4, -0.2) is 27.2 Å². The van der Waals surface area contributed by atoms with Crippen LogP contribution >= 0.6 is 0 Å². The number of nitrogens with zero attached hydrogens (tertiary/aromatic N) is 3. The van der Waals surface area contributed by atoms with Gasteiger partial charge in [-0.2, -0.15) is 5.26 Å². The van der Waals surface area contributed by atoms with Gasteiger partial charge in [-0.15, -0.1) is 0 Å². The van der Waals surface area contributed by atoms with E-state index in [0.29, 0.717) is 31.1 Å². The maximum atomic E-state index is 11.0. The number of carbonyl (C=O) groups is 1. The highest BCUT2D eigenvalue weighted by atomic mass is 16.4. The number of aromatic nitrogens is 1. The van der Waals surface area contributed by atoms with Crippen LogP contribution in [0, 0.1) is 11.3 Å². The molecule has 1 N–H and O–H groups in total. The topological polar surface area (TPSA) is 69.3 Å². The SMILES string of the molecule is N#Cc1cc(C2CC2)n2c1CN(C(=O)O)CC2. The summed E-state index contributed by atoms with van der Waals surface area (Å²) in [5.41, 5.74) is 2.72. The van der Waals surface area contributed by atoms with Gasteiger partial charge in [-0.25, -0.2) is 4.79 Å². The van der Waals surface area contributed by atoms with Gasteiger partial charge in [-0.3, -0.25) is 0 Å². The molecule has 5 heteroatoms. The van der Waals surface area contributed by atoms with Crippen LogP contribution in [0.25, 0.3) is 0 Å². The third-order valence-corrected chi connectivity index (χ3v) is 3.56. The van der Waals surface area contributed by atoms with E-state index in [-0.39, 0.29) is 0 Å². The van der Waals surface area contributed by atoms with Crippen LogP contribution in [0.4, 0.5) is 4.79 Å². The van der Waals surface area contributed by atoms with E-state index in [2.05, 4.69) is 10.6 Å². The van der Waals surface area contributed by atoms with E-state index in [1.54, 1.807) is 0 Å². The maximum Gasteiger partial charge on any atom is 0.407 e. The van der Waals surface area contributed by atoms with Gasteiger partial charge >= 0.3 is 6.09 Å². The molecular weight excluding hydrogens is 218 g/mol. The molecule has 0 unspecified atom stereocenters. The lowest BCUT2D eigenvalue weighted by molar-refractivity contribution is 0.132. The minimum Gasteiger partial charge on any atom is -0.465 e. The fourth-order valence-electron chi connectivity index (χ4n) is 2.50. The summed E-state index contributed by atoms with van der Waals surface area (Å²) in [6, 6.07) is 4.12. The Morgan fingerprint density at radius 2 is 2.24 bits per heavy atom. The lowest BCUT2D eigenvalue weighted by Gasteiger charge is -2.27. The van der Waals surface area contributed by atoms with Crippen molar-refractivity contribution < 1.29 is 9.90 Å². The van der Waals surface area contributed by atoms with Crippen LogP contribution < -0.4 is 0 Å². The van der Waals surface area contributed by atoms with Gasteiger partial charge in [-0.05, 0) is 24.8 Å². The summed E-state index contributed by atoms with van der Waals surface area (Å²) in [7, 11) is 0. The van der Waals surface area contributed by atoms with Crippen molar-refractivity contribution in [2.75, 3.05) is 6.54 Å². The van der Waals surface area contributed by atoms with Gasteiger partial charge in [0.05, 0.1) is 17.8 Å². The number of carboxylic acid groups (broad SMARTS) is 1. The lowest BCUT2D eigenvalue weighted by atomic mass is 10.2. The molecule has 1 aliphatic carbocycles. The predicted molar refractivity (Wildman–Crippen MR) is 59.6 cm³/mol. The fourth-order valence-corrected chi connectivity index (χ4v) is 2.50. The van der Waals surface area contributed by atoms with Crippen molar-refractivity contribution in [3.05, 3.63) is 23.0 Å². The molecule has 17 heavy (non-hydrogen) atoms. The van der Waals surface area contributed by atoms with Crippen molar-refractivity contribution in [3.8, 4) is 6.07 Å². The summed E-state index contributed by atoms with van der Waals surface area (Å²) >= 11 is 0. The van der Waals surface area contributed by atoms with E-state index in [1.165, 1.54) is 23.4 Å². The van der Waals surface area contributed by atoms with E-state index in [0.717, 1.165) is 5.69 Å². The minimum absolute atomic E-state index is 0.338. The van der Waals surface area contributed by atoms with Gasteiger partial charge in [0.15, 0.2) is 0 Å². The van der Waals surface area contributed by atoms with Gasteiger partial charge in [0, 0.05) is 18.8 Å². The highest BCUT2D eigenvalue weighted by Crippen LogP contribution is 2.42. The molecule has 2 heterocycles. The molecule has 1 saturated carbocycles. The Hall–Kier alpha value is -1.96. The molecule has 5 nitrogen and oxygen atoms in total. The molecule has 2 aliphatic rings. The van der Waals surface area contributed by atoms with E-state index >= 15 is 0 Å². The highest BCUT2D eigenvalue weighted by molar-refractivity contribution is 5.65. The second-order valence-electron chi connectivity index (χ2n) is 4.67. The molecule has 1 aromatic heterocycles. The van der Waals surface area contributed by atoms with Gasteiger partial charge in [0.25, 0.3) is 0 Å². The monoisotopic (exact) mass is 231 g/mol. The molecule has 0 atom stereocenters. The van der Waals surface area contributed by atoms with E-state index < -0.39 is 6.09 Å². The van der Waals surface area contributed by atoms with Gasteiger partial charge in [0.2, 0.25) is 0 Å². The van der Waals surface area contributed by atoms with Crippen molar-refractivity contribution in [2.45, 2.75) is 31.8 Å². The van der Waals surface area contributed by atoms with Crippen LogP contribution in [0.5, 0.6) is 0 Å². The quantitative estimate of drug-likeness (QED) is 0.800. The average molecular weight is 231 g/mol. The Morgan fingerprint density at radius 1 is 1.47 bits per heavy atom. The summed E-state index contributed by atoms with van der Waals surface area (Å²) < 4.78 is 2.15. The van der Waals surface area contributed by atoms with E-state index in [9.17, 15) is 4.79 Å². The van der Waals surface area contributed by atoms with Crippen molar-refractivity contribution in [1.82, 2.24) is 9.47 Å². The Bertz CT molecular complexity index is 523. The fraction of sp³-hybridized carbons (Fsp3) is 0.500. The largest absolute Gasteiger partial charge is 0.465 e. The molecule has 1 amide bonds. The van der Waals surface area contributed by atoms with E-state index in [4.69, 9.17) is 10.4 Å². The van der Waals surface area contributed by atoms with Crippen LogP contribution in [0.3, 0.4) is 0 Å². The molecule has 88 valence electrons. The third-order valence-electron chi connectivity index (χ3n) is 3.56. The van der Waals surface area contributed by atoms with Crippen LogP contribution in [0.2, 0.25) is 0 Å². The average Bonchev–Trinajstić information content (AvgIpc) is 3.10. The first-order valence-electron chi connectivity index (χ1n) is 5.81. The molecule has 3 rings (SSSR count). The van der Waals surface area contributed by atoms with Crippen molar-refractivity contribution in [2.24, 2.45) is 0 Å². The normalized spacial score (nSPS) is 18.6. The molecule has 0 aromatic carbocycles. The molecule has 0 bridgehead atoms. The first-order valence-corrected chi connectivity index (χ1v) is 5.81. The zero-order chi connectivity index (χ0) is 12.0. The second-order valence-corrected chi connectivity index (χ2v) is 4.67. The zero-order valence-corrected chi connectivity index (χ0v) is 9.39. The summed E-state index contributed by atoms with van der Waals surface area (Å²) in [4.78, 5) is 12.3. The molecule has 0 spiro atoms. The molecule has 0 saturated heterocycles. The molecular formula is C12H13N3O2.